The number of amides is 1. The summed E-state index contributed by atoms with van der Waals surface area (Å²) in [6, 6.07) is 7.42. The molecule has 1 saturated heterocycles. The van der Waals surface area contributed by atoms with Gasteiger partial charge in [0.2, 0.25) is 5.91 Å². The fourth-order valence-corrected chi connectivity index (χ4v) is 3.41. The molecule has 1 aromatic rings. The summed E-state index contributed by atoms with van der Waals surface area (Å²) in [7, 11) is 0. The highest BCUT2D eigenvalue weighted by Crippen LogP contribution is 2.27. The van der Waals surface area contributed by atoms with Crippen LogP contribution in [0.3, 0.4) is 0 Å². The number of likely N-dealkylation sites (tertiary alicyclic amines) is 1. The van der Waals surface area contributed by atoms with Crippen LogP contribution >= 0.6 is 23.4 Å². The second-order valence-corrected chi connectivity index (χ2v) is 6.24. The summed E-state index contributed by atoms with van der Waals surface area (Å²) in [6.45, 7) is 1.20. The van der Waals surface area contributed by atoms with Crippen molar-refractivity contribution in [3.63, 3.8) is 0 Å². The smallest absolute Gasteiger partial charge is 0.303 e. The average molecular weight is 314 g/mol. The van der Waals surface area contributed by atoms with Gasteiger partial charge >= 0.3 is 5.97 Å². The van der Waals surface area contributed by atoms with Gasteiger partial charge in [0.1, 0.15) is 0 Å². The van der Waals surface area contributed by atoms with Gasteiger partial charge in [-0.05, 0) is 24.5 Å². The molecule has 1 fully saturated rings. The van der Waals surface area contributed by atoms with Crippen molar-refractivity contribution in [1.82, 2.24) is 4.90 Å². The first-order valence-electron chi connectivity index (χ1n) is 6.43. The van der Waals surface area contributed by atoms with Crippen molar-refractivity contribution in [3.05, 3.63) is 29.3 Å². The van der Waals surface area contributed by atoms with Gasteiger partial charge in [-0.3, -0.25) is 9.59 Å². The lowest BCUT2D eigenvalue weighted by Gasteiger charge is -2.16. The maximum absolute atomic E-state index is 12.1. The predicted octanol–water partition coefficient (Wildman–Crippen LogP) is 2.76. The zero-order chi connectivity index (χ0) is 14.5. The summed E-state index contributed by atoms with van der Waals surface area (Å²) in [6.07, 6.45) is 0.913. The van der Waals surface area contributed by atoms with Crippen molar-refractivity contribution in [2.24, 2.45) is 5.92 Å². The Morgan fingerprint density at radius 1 is 1.40 bits per heavy atom. The first-order valence-corrected chi connectivity index (χ1v) is 7.79. The van der Waals surface area contributed by atoms with Crippen LogP contribution in [-0.2, 0) is 9.59 Å². The number of carbonyl (C=O) groups excluding carboxylic acids is 1. The molecule has 1 aromatic carbocycles. The maximum atomic E-state index is 12.1. The number of hydrogen-bond donors (Lipinski definition) is 1. The number of rotatable bonds is 5. The zero-order valence-corrected chi connectivity index (χ0v) is 12.5. The van der Waals surface area contributed by atoms with Crippen molar-refractivity contribution in [3.8, 4) is 0 Å². The fourth-order valence-electron chi connectivity index (χ4n) is 2.27. The Balaban J connectivity index is 1.81. The largest absolute Gasteiger partial charge is 0.481 e. The average Bonchev–Trinajstić information content (AvgIpc) is 2.85. The minimum Gasteiger partial charge on any atom is -0.481 e. The van der Waals surface area contributed by atoms with Crippen molar-refractivity contribution in [1.29, 1.82) is 0 Å². The second-order valence-electron chi connectivity index (χ2n) is 4.81. The summed E-state index contributed by atoms with van der Waals surface area (Å²) in [5.41, 5.74) is 0. The van der Waals surface area contributed by atoms with Crippen molar-refractivity contribution >= 4 is 35.2 Å². The van der Waals surface area contributed by atoms with Crippen LogP contribution in [0.4, 0.5) is 0 Å². The van der Waals surface area contributed by atoms with Crippen LogP contribution in [0.2, 0.25) is 5.02 Å². The monoisotopic (exact) mass is 313 g/mol. The molecule has 1 aliphatic rings. The van der Waals surface area contributed by atoms with Crippen LogP contribution in [-0.4, -0.2) is 40.7 Å². The third-order valence-corrected chi connectivity index (χ3v) is 4.79. The Labute approximate surface area is 127 Å². The predicted molar refractivity (Wildman–Crippen MR) is 79.1 cm³/mol. The highest BCUT2D eigenvalue weighted by atomic mass is 35.5. The Bertz CT molecular complexity index is 509. The fraction of sp³-hybridized carbons (Fsp3) is 0.429. The standard InChI is InChI=1S/C14H16ClNO3S/c15-11-3-1-2-4-12(11)20-9-13(17)16-6-5-10(8-16)7-14(18)19/h1-4,10H,5-9H2,(H,18,19). The van der Waals surface area contributed by atoms with E-state index in [0.29, 0.717) is 23.9 Å². The number of nitrogens with zero attached hydrogens (tertiary/aromatic N) is 1. The Morgan fingerprint density at radius 2 is 2.15 bits per heavy atom. The quantitative estimate of drug-likeness (QED) is 0.849. The molecule has 6 heteroatoms. The van der Waals surface area contributed by atoms with E-state index in [1.54, 1.807) is 11.0 Å². The van der Waals surface area contributed by atoms with Crippen molar-refractivity contribution in [2.45, 2.75) is 17.7 Å². The van der Waals surface area contributed by atoms with Gasteiger partial charge in [0.25, 0.3) is 0 Å². The molecule has 0 radical (unpaired) electrons. The number of hydrogen-bond acceptors (Lipinski definition) is 3. The van der Waals surface area contributed by atoms with E-state index in [1.165, 1.54) is 11.8 Å². The van der Waals surface area contributed by atoms with Crippen LogP contribution in [0, 0.1) is 5.92 Å². The number of aliphatic carboxylic acids is 1. The van der Waals surface area contributed by atoms with Crippen LogP contribution in [0.25, 0.3) is 0 Å². The van der Waals surface area contributed by atoms with Crippen LogP contribution in [0.15, 0.2) is 29.2 Å². The SMILES string of the molecule is O=C(O)CC1CCN(C(=O)CSc2ccccc2Cl)C1. The molecular weight excluding hydrogens is 298 g/mol. The molecule has 0 spiro atoms. The third-order valence-electron chi connectivity index (χ3n) is 3.29. The molecule has 0 aromatic heterocycles. The Morgan fingerprint density at radius 3 is 2.85 bits per heavy atom. The first kappa shape index (κ1) is 15.2. The van der Waals surface area contributed by atoms with Crippen LogP contribution in [0.1, 0.15) is 12.8 Å². The van der Waals surface area contributed by atoms with Gasteiger partial charge < -0.3 is 10.0 Å². The topological polar surface area (TPSA) is 57.6 Å². The second kappa shape index (κ2) is 6.99. The van der Waals surface area contributed by atoms with E-state index in [2.05, 4.69) is 0 Å². The number of thioether (sulfide) groups is 1. The Kier molecular flexibility index (Phi) is 5.31. The van der Waals surface area contributed by atoms with E-state index in [1.807, 2.05) is 18.2 Å². The highest BCUT2D eigenvalue weighted by molar-refractivity contribution is 8.00. The van der Waals surface area contributed by atoms with E-state index in [-0.39, 0.29) is 18.2 Å². The molecule has 0 bridgehead atoms. The first-order chi connectivity index (χ1) is 9.56. The lowest BCUT2D eigenvalue weighted by atomic mass is 10.1. The van der Waals surface area contributed by atoms with E-state index < -0.39 is 5.97 Å². The van der Waals surface area contributed by atoms with Gasteiger partial charge in [-0.1, -0.05) is 23.7 Å². The molecule has 20 heavy (non-hydrogen) atoms. The normalized spacial score (nSPS) is 18.2. The van der Waals surface area contributed by atoms with Crippen molar-refractivity contribution in [2.75, 3.05) is 18.8 Å². The minimum absolute atomic E-state index is 0.0443. The molecule has 1 unspecified atom stereocenters. The van der Waals surface area contributed by atoms with Gasteiger partial charge in [-0.15, -0.1) is 11.8 Å². The molecule has 1 heterocycles. The number of carboxylic acid groups (broad SMARTS) is 1. The highest BCUT2D eigenvalue weighted by Gasteiger charge is 2.27. The molecular formula is C14H16ClNO3S. The molecule has 108 valence electrons. The number of benzene rings is 1. The van der Waals surface area contributed by atoms with Crippen molar-refractivity contribution < 1.29 is 14.7 Å². The number of carboxylic acids is 1. The Hall–Kier alpha value is -1.20. The molecule has 1 amide bonds. The zero-order valence-electron chi connectivity index (χ0n) is 10.9. The third kappa shape index (κ3) is 4.15. The van der Waals surface area contributed by atoms with Gasteiger partial charge in [0.05, 0.1) is 10.8 Å². The number of halogens is 1. The lowest BCUT2D eigenvalue weighted by Crippen LogP contribution is -2.30. The maximum Gasteiger partial charge on any atom is 0.303 e. The molecule has 2 rings (SSSR count). The molecule has 1 atom stereocenters. The minimum atomic E-state index is -0.797. The molecule has 4 nitrogen and oxygen atoms in total. The summed E-state index contributed by atoms with van der Waals surface area (Å²) >= 11 is 7.45. The van der Waals surface area contributed by atoms with Gasteiger partial charge in [-0.25, -0.2) is 0 Å². The summed E-state index contributed by atoms with van der Waals surface area (Å²) in [5.74, 6) is -0.330. The number of carbonyl (C=O) groups is 2. The summed E-state index contributed by atoms with van der Waals surface area (Å²) in [5, 5.41) is 9.41. The van der Waals surface area contributed by atoms with Gasteiger partial charge in [-0.2, -0.15) is 0 Å². The molecule has 0 saturated carbocycles. The van der Waals surface area contributed by atoms with Crippen LogP contribution < -0.4 is 0 Å². The van der Waals surface area contributed by atoms with E-state index in [0.717, 1.165) is 11.3 Å². The molecule has 0 aliphatic carbocycles. The van der Waals surface area contributed by atoms with Gasteiger partial charge in [0, 0.05) is 24.4 Å². The molecule has 1 N–H and O–H groups in total. The van der Waals surface area contributed by atoms with E-state index in [4.69, 9.17) is 16.7 Å². The van der Waals surface area contributed by atoms with E-state index in [9.17, 15) is 9.59 Å². The summed E-state index contributed by atoms with van der Waals surface area (Å²) in [4.78, 5) is 25.4. The van der Waals surface area contributed by atoms with E-state index >= 15 is 0 Å². The van der Waals surface area contributed by atoms with Crippen LogP contribution in [0.5, 0.6) is 0 Å². The van der Waals surface area contributed by atoms with Gasteiger partial charge in [0.15, 0.2) is 0 Å². The summed E-state index contributed by atoms with van der Waals surface area (Å²) < 4.78 is 0. The molecule has 1 aliphatic heterocycles. The lowest BCUT2D eigenvalue weighted by molar-refractivity contribution is -0.138.